The molecule has 1 aliphatic heterocycles. The van der Waals surface area contributed by atoms with E-state index in [1.54, 1.807) is 24.3 Å². The Balaban J connectivity index is 1.56. The molecule has 0 atom stereocenters. The molecule has 1 fully saturated rings. The number of carbonyl (C=O) groups is 1. The highest BCUT2D eigenvalue weighted by Gasteiger charge is 2.29. The van der Waals surface area contributed by atoms with E-state index in [1.807, 2.05) is 0 Å². The Morgan fingerprint density at radius 1 is 0.967 bits per heavy atom. The van der Waals surface area contributed by atoms with Crippen LogP contribution in [0.15, 0.2) is 58.2 Å². The van der Waals surface area contributed by atoms with Gasteiger partial charge in [0.15, 0.2) is 5.69 Å². The Morgan fingerprint density at radius 3 is 2.40 bits per heavy atom. The van der Waals surface area contributed by atoms with Gasteiger partial charge < -0.3 is 4.90 Å². The van der Waals surface area contributed by atoms with Gasteiger partial charge in [0.25, 0.3) is 11.5 Å². The quantitative estimate of drug-likeness (QED) is 0.680. The molecule has 0 aliphatic carbocycles. The van der Waals surface area contributed by atoms with Crippen LogP contribution >= 0.6 is 0 Å². The van der Waals surface area contributed by atoms with Crippen LogP contribution in [0.25, 0.3) is 10.8 Å². The predicted octanol–water partition coefficient (Wildman–Crippen LogP) is 1.60. The van der Waals surface area contributed by atoms with E-state index >= 15 is 0 Å². The van der Waals surface area contributed by atoms with E-state index in [2.05, 4.69) is 10.2 Å². The van der Waals surface area contributed by atoms with Gasteiger partial charge in [-0.3, -0.25) is 9.59 Å². The predicted molar refractivity (Wildman–Crippen MR) is 108 cm³/mol. The Kier molecular flexibility index (Phi) is 5.35. The van der Waals surface area contributed by atoms with Crippen LogP contribution in [0.4, 0.5) is 4.39 Å². The van der Waals surface area contributed by atoms with Crippen molar-refractivity contribution < 1.29 is 17.6 Å². The lowest BCUT2D eigenvalue weighted by Gasteiger charge is -2.22. The molecule has 8 nitrogen and oxygen atoms in total. The maximum atomic E-state index is 13.1. The molecule has 1 amide bonds. The first-order valence-electron chi connectivity index (χ1n) is 9.40. The number of aromatic nitrogens is 2. The molecule has 0 spiro atoms. The Hall–Kier alpha value is -3.11. The van der Waals surface area contributed by atoms with Gasteiger partial charge in [-0.1, -0.05) is 18.2 Å². The van der Waals surface area contributed by atoms with E-state index < -0.39 is 15.8 Å². The summed E-state index contributed by atoms with van der Waals surface area (Å²) < 4.78 is 40.2. The van der Waals surface area contributed by atoms with Crippen molar-refractivity contribution in [2.24, 2.45) is 0 Å². The monoisotopic (exact) mass is 430 g/mol. The molecule has 30 heavy (non-hydrogen) atoms. The number of hydrogen-bond acceptors (Lipinski definition) is 5. The number of sulfonamides is 1. The largest absolute Gasteiger partial charge is 0.336 e. The molecule has 4 rings (SSSR count). The number of rotatable bonds is 3. The third kappa shape index (κ3) is 3.71. The van der Waals surface area contributed by atoms with Crippen molar-refractivity contribution in [3.05, 3.63) is 70.4 Å². The standard InChI is InChI=1S/C20H19FN4O4S/c21-14-6-8-15(9-7-14)30(28,29)25-11-3-10-24(12-13-25)20(27)18-16-4-1-2-5-17(16)19(26)23-22-18/h1-2,4-9H,3,10-13H2,(H,23,26). The number of benzene rings is 2. The molecule has 2 heterocycles. The van der Waals surface area contributed by atoms with Gasteiger partial charge in [0.05, 0.1) is 10.3 Å². The van der Waals surface area contributed by atoms with Crippen LogP contribution in [0.5, 0.6) is 0 Å². The highest BCUT2D eigenvalue weighted by Crippen LogP contribution is 2.20. The van der Waals surface area contributed by atoms with Crippen LogP contribution in [-0.2, 0) is 10.0 Å². The normalized spacial score (nSPS) is 15.8. The Bertz CT molecular complexity index is 1260. The fourth-order valence-corrected chi connectivity index (χ4v) is 4.99. The molecule has 2 aromatic carbocycles. The van der Waals surface area contributed by atoms with Crippen molar-refractivity contribution in [1.29, 1.82) is 0 Å². The molecule has 0 saturated carbocycles. The van der Waals surface area contributed by atoms with Gasteiger partial charge in [-0.15, -0.1) is 0 Å². The summed E-state index contributed by atoms with van der Waals surface area (Å²) in [5.41, 5.74) is -0.255. The summed E-state index contributed by atoms with van der Waals surface area (Å²) in [4.78, 5) is 26.6. The topological polar surface area (TPSA) is 103 Å². The first-order chi connectivity index (χ1) is 14.4. The number of aromatic amines is 1. The van der Waals surface area contributed by atoms with Crippen molar-refractivity contribution in [1.82, 2.24) is 19.4 Å². The Morgan fingerprint density at radius 2 is 1.67 bits per heavy atom. The lowest BCUT2D eigenvalue weighted by molar-refractivity contribution is 0.0759. The zero-order valence-corrected chi connectivity index (χ0v) is 16.7. The summed E-state index contributed by atoms with van der Waals surface area (Å²) in [6.45, 7) is 0.869. The van der Waals surface area contributed by atoms with Gasteiger partial charge in [0, 0.05) is 31.6 Å². The summed E-state index contributed by atoms with van der Waals surface area (Å²) >= 11 is 0. The van der Waals surface area contributed by atoms with Gasteiger partial charge >= 0.3 is 0 Å². The molecule has 156 valence electrons. The maximum Gasteiger partial charge on any atom is 0.274 e. The van der Waals surface area contributed by atoms with E-state index in [9.17, 15) is 22.4 Å². The summed E-state index contributed by atoms with van der Waals surface area (Å²) in [6, 6.07) is 11.4. The molecule has 1 N–H and O–H groups in total. The minimum Gasteiger partial charge on any atom is -0.336 e. The second kappa shape index (κ2) is 7.96. The highest BCUT2D eigenvalue weighted by molar-refractivity contribution is 7.89. The van der Waals surface area contributed by atoms with Crippen LogP contribution in [0, 0.1) is 5.82 Å². The van der Waals surface area contributed by atoms with E-state index in [1.165, 1.54) is 21.3 Å². The van der Waals surface area contributed by atoms with Gasteiger partial charge in [0.2, 0.25) is 10.0 Å². The van der Waals surface area contributed by atoms with E-state index in [-0.39, 0.29) is 41.7 Å². The maximum absolute atomic E-state index is 13.1. The van der Waals surface area contributed by atoms with E-state index in [4.69, 9.17) is 0 Å². The number of amides is 1. The zero-order chi connectivity index (χ0) is 21.3. The third-order valence-corrected chi connectivity index (χ3v) is 7.00. The number of hydrogen-bond donors (Lipinski definition) is 1. The molecular weight excluding hydrogens is 411 g/mol. The zero-order valence-electron chi connectivity index (χ0n) is 15.9. The molecule has 1 aliphatic rings. The van der Waals surface area contributed by atoms with Crippen molar-refractivity contribution in [3.8, 4) is 0 Å². The van der Waals surface area contributed by atoms with Crippen LogP contribution in [0.2, 0.25) is 0 Å². The number of nitrogens with one attached hydrogen (secondary N) is 1. The average molecular weight is 430 g/mol. The molecule has 10 heteroatoms. The van der Waals surface area contributed by atoms with Crippen LogP contribution < -0.4 is 5.56 Å². The summed E-state index contributed by atoms with van der Waals surface area (Å²) in [6.07, 6.45) is 0.438. The first kappa shape index (κ1) is 20.2. The molecule has 0 radical (unpaired) electrons. The minimum atomic E-state index is -3.79. The highest BCUT2D eigenvalue weighted by atomic mass is 32.2. The second-order valence-corrected chi connectivity index (χ2v) is 8.89. The number of fused-ring (bicyclic) bond motifs is 1. The van der Waals surface area contributed by atoms with Gasteiger partial charge in [0.1, 0.15) is 5.82 Å². The lowest BCUT2D eigenvalue weighted by Crippen LogP contribution is -2.38. The molecule has 0 bridgehead atoms. The smallest absolute Gasteiger partial charge is 0.274 e. The van der Waals surface area contributed by atoms with Gasteiger partial charge in [-0.2, -0.15) is 9.40 Å². The minimum absolute atomic E-state index is 0.0111. The average Bonchev–Trinajstić information content (AvgIpc) is 3.01. The number of H-pyrrole nitrogens is 1. The summed E-state index contributed by atoms with van der Waals surface area (Å²) in [5, 5.41) is 7.10. The molecular formula is C20H19FN4O4S. The van der Waals surface area contributed by atoms with Gasteiger partial charge in [-0.05, 0) is 36.8 Å². The third-order valence-electron chi connectivity index (χ3n) is 5.09. The molecule has 1 aromatic heterocycles. The van der Waals surface area contributed by atoms with Crippen LogP contribution in [0.3, 0.4) is 0 Å². The van der Waals surface area contributed by atoms with Crippen molar-refractivity contribution in [2.45, 2.75) is 11.3 Å². The van der Waals surface area contributed by atoms with Crippen molar-refractivity contribution in [3.63, 3.8) is 0 Å². The fraction of sp³-hybridized carbons (Fsp3) is 0.250. The van der Waals surface area contributed by atoms with Crippen molar-refractivity contribution in [2.75, 3.05) is 26.2 Å². The van der Waals surface area contributed by atoms with E-state index in [0.29, 0.717) is 23.7 Å². The number of nitrogens with zero attached hydrogens (tertiary/aromatic N) is 3. The van der Waals surface area contributed by atoms with Gasteiger partial charge in [-0.25, -0.2) is 17.9 Å². The van der Waals surface area contributed by atoms with Crippen LogP contribution in [0.1, 0.15) is 16.9 Å². The van der Waals surface area contributed by atoms with E-state index in [0.717, 1.165) is 12.1 Å². The first-order valence-corrected chi connectivity index (χ1v) is 10.8. The summed E-state index contributed by atoms with van der Waals surface area (Å²) in [5.74, 6) is -0.884. The second-order valence-electron chi connectivity index (χ2n) is 6.95. The lowest BCUT2D eigenvalue weighted by atomic mass is 10.1. The summed E-state index contributed by atoms with van der Waals surface area (Å²) in [7, 11) is -3.79. The molecule has 3 aromatic rings. The van der Waals surface area contributed by atoms with Crippen LogP contribution in [-0.4, -0.2) is 59.9 Å². The SMILES string of the molecule is O=C(c1n[nH]c(=O)c2ccccc12)N1CCCN(S(=O)(=O)c2ccc(F)cc2)CC1. The number of carbonyl (C=O) groups excluding carboxylic acids is 1. The number of halogens is 1. The fourth-order valence-electron chi connectivity index (χ4n) is 3.52. The molecule has 1 saturated heterocycles. The Labute approximate surface area is 172 Å². The molecule has 0 unspecified atom stereocenters. The van der Waals surface area contributed by atoms with Crippen molar-refractivity contribution >= 4 is 26.7 Å².